The monoisotopic (exact) mass is 340 g/mol. The predicted molar refractivity (Wildman–Crippen MR) is 92.2 cm³/mol. The van der Waals surface area contributed by atoms with E-state index in [2.05, 4.69) is 10.1 Å². The zero-order chi connectivity index (χ0) is 17.6. The molecular weight excluding hydrogens is 320 g/mol. The first kappa shape index (κ1) is 15.7. The van der Waals surface area contributed by atoms with Crippen LogP contribution in [-0.4, -0.2) is 32.1 Å². The van der Waals surface area contributed by atoms with Crippen LogP contribution in [0.5, 0.6) is 0 Å². The lowest BCUT2D eigenvalue weighted by atomic mass is 10.0. The fourth-order valence-corrected chi connectivity index (χ4v) is 3.82. The fourth-order valence-electron chi connectivity index (χ4n) is 3.82. The lowest BCUT2D eigenvalue weighted by molar-refractivity contribution is -0.132. The van der Waals surface area contributed by atoms with Crippen LogP contribution in [-0.2, 0) is 11.3 Å². The van der Waals surface area contributed by atoms with E-state index in [0.29, 0.717) is 6.54 Å². The van der Waals surface area contributed by atoms with Crippen LogP contribution < -0.4 is 5.69 Å². The van der Waals surface area contributed by atoms with Gasteiger partial charge in [0.2, 0.25) is 5.91 Å². The molecule has 0 saturated carbocycles. The molecule has 1 amide bonds. The minimum atomic E-state index is -0.261. The van der Waals surface area contributed by atoms with Crippen molar-refractivity contribution in [2.24, 2.45) is 0 Å². The number of likely N-dealkylation sites (tertiary alicyclic amines) is 1. The van der Waals surface area contributed by atoms with E-state index in [4.69, 9.17) is 4.52 Å². The maximum Gasteiger partial charge on any atom is 0.326 e. The van der Waals surface area contributed by atoms with Crippen molar-refractivity contribution in [2.45, 2.75) is 39.3 Å². The summed E-state index contributed by atoms with van der Waals surface area (Å²) in [7, 11) is 0. The molecule has 0 radical (unpaired) electrons. The van der Waals surface area contributed by atoms with Crippen LogP contribution in [0.25, 0.3) is 11.0 Å². The zero-order valence-corrected chi connectivity index (χ0v) is 14.3. The second-order valence-electron chi connectivity index (χ2n) is 6.52. The van der Waals surface area contributed by atoms with Gasteiger partial charge in [-0.15, -0.1) is 0 Å². The fraction of sp³-hybridized carbons (Fsp3) is 0.389. The molecule has 0 spiro atoms. The van der Waals surface area contributed by atoms with Crippen molar-refractivity contribution < 1.29 is 9.32 Å². The molecule has 1 saturated heterocycles. The number of benzene rings is 1. The van der Waals surface area contributed by atoms with E-state index in [1.165, 1.54) is 4.57 Å². The molecule has 1 aliphatic heterocycles. The van der Waals surface area contributed by atoms with E-state index in [-0.39, 0.29) is 24.2 Å². The number of H-pyrrole nitrogens is 1. The SMILES string of the molecule is Cc1noc(C)c1[C@H]1CCCN1C(=O)Cn1c(=O)[nH]c2ccccc21. The molecule has 4 rings (SSSR count). The Balaban J connectivity index is 1.64. The van der Waals surface area contributed by atoms with Gasteiger partial charge in [-0.05, 0) is 38.8 Å². The van der Waals surface area contributed by atoms with Gasteiger partial charge < -0.3 is 14.4 Å². The highest BCUT2D eigenvalue weighted by Crippen LogP contribution is 2.35. The third kappa shape index (κ3) is 2.56. The first-order valence-electron chi connectivity index (χ1n) is 8.46. The van der Waals surface area contributed by atoms with Crippen LogP contribution in [0, 0.1) is 13.8 Å². The number of hydrogen-bond donors (Lipinski definition) is 1. The van der Waals surface area contributed by atoms with Crippen molar-refractivity contribution in [3.63, 3.8) is 0 Å². The largest absolute Gasteiger partial charge is 0.361 e. The van der Waals surface area contributed by atoms with Gasteiger partial charge in [-0.2, -0.15) is 0 Å². The number of para-hydroxylation sites is 2. The van der Waals surface area contributed by atoms with Crippen LogP contribution in [0.3, 0.4) is 0 Å². The second kappa shape index (κ2) is 5.91. The molecule has 0 aliphatic carbocycles. The quantitative estimate of drug-likeness (QED) is 0.793. The molecule has 1 aliphatic rings. The Morgan fingerprint density at radius 3 is 2.92 bits per heavy atom. The number of carbonyl (C=O) groups excluding carboxylic acids is 1. The summed E-state index contributed by atoms with van der Waals surface area (Å²) in [4.78, 5) is 29.8. The summed E-state index contributed by atoms with van der Waals surface area (Å²) >= 11 is 0. The average Bonchev–Trinajstić information content (AvgIpc) is 3.26. The number of nitrogens with zero attached hydrogens (tertiary/aromatic N) is 3. The molecule has 0 unspecified atom stereocenters. The predicted octanol–water partition coefficient (Wildman–Crippen LogP) is 2.30. The molecule has 1 N–H and O–H groups in total. The summed E-state index contributed by atoms with van der Waals surface area (Å²) in [5.41, 5.74) is 3.05. The van der Waals surface area contributed by atoms with E-state index in [1.807, 2.05) is 43.0 Å². The molecule has 7 heteroatoms. The van der Waals surface area contributed by atoms with Crippen molar-refractivity contribution in [1.82, 2.24) is 19.6 Å². The molecular formula is C18H20N4O3. The van der Waals surface area contributed by atoms with Crippen molar-refractivity contribution in [1.29, 1.82) is 0 Å². The maximum atomic E-state index is 12.9. The Morgan fingerprint density at radius 2 is 2.16 bits per heavy atom. The van der Waals surface area contributed by atoms with Crippen LogP contribution >= 0.6 is 0 Å². The van der Waals surface area contributed by atoms with E-state index in [0.717, 1.165) is 40.9 Å². The molecule has 2 aromatic heterocycles. The van der Waals surface area contributed by atoms with Gasteiger partial charge in [-0.1, -0.05) is 17.3 Å². The van der Waals surface area contributed by atoms with E-state index >= 15 is 0 Å². The zero-order valence-electron chi connectivity index (χ0n) is 14.3. The van der Waals surface area contributed by atoms with Crippen LogP contribution in [0.2, 0.25) is 0 Å². The average molecular weight is 340 g/mol. The lowest BCUT2D eigenvalue weighted by Gasteiger charge is -2.25. The Bertz CT molecular complexity index is 978. The van der Waals surface area contributed by atoms with Gasteiger partial charge >= 0.3 is 5.69 Å². The molecule has 0 bridgehead atoms. The van der Waals surface area contributed by atoms with Gasteiger partial charge in [-0.3, -0.25) is 9.36 Å². The van der Waals surface area contributed by atoms with Gasteiger partial charge in [-0.25, -0.2) is 4.79 Å². The van der Waals surface area contributed by atoms with Crippen LogP contribution in [0.1, 0.15) is 35.9 Å². The third-order valence-corrected chi connectivity index (χ3v) is 4.97. The highest BCUT2D eigenvalue weighted by Gasteiger charge is 2.34. The summed E-state index contributed by atoms with van der Waals surface area (Å²) in [6.45, 7) is 4.49. The summed E-state index contributed by atoms with van der Waals surface area (Å²) in [6, 6.07) is 7.37. The molecule has 25 heavy (non-hydrogen) atoms. The molecule has 1 atom stereocenters. The summed E-state index contributed by atoms with van der Waals surface area (Å²) in [6.07, 6.45) is 1.82. The van der Waals surface area contributed by atoms with Gasteiger partial charge in [0.25, 0.3) is 0 Å². The number of rotatable bonds is 3. The van der Waals surface area contributed by atoms with Crippen molar-refractivity contribution in [3.05, 3.63) is 51.8 Å². The smallest absolute Gasteiger partial charge is 0.326 e. The molecule has 3 aromatic rings. The number of hydrogen-bond acceptors (Lipinski definition) is 4. The van der Waals surface area contributed by atoms with E-state index in [9.17, 15) is 9.59 Å². The molecule has 1 aromatic carbocycles. The van der Waals surface area contributed by atoms with Crippen molar-refractivity contribution >= 4 is 16.9 Å². The number of aromatic nitrogens is 3. The third-order valence-electron chi connectivity index (χ3n) is 4.97. The lowest BCUT2D eigenvalue weighted by Crippen LogP contribution is -2.35. The van der Waals surface area contributed by atoms with E-state index in [1.54, 1.807) is 0 Å². The van der Waals surface area contributed by atoms with Gasteiger partial charge in [0.15, 0.2) is 0 Å². The van der Waals surface area contributed by atoms with Crippen molar-refractivity contribution in [2.75, 3.05) is 6.54 Å². The number of carbonyl (C=O) groups is 1. The topological polar surface area (TPSA) is 84.1 Å². The maximum absolute atomic E-state index is 12.9. The Kier molecular flexibility index (Phi) is 3.71. The first-order valence-corrected chi connectivity index (χ1v) is 8.46. The Labute approximate surface area is 144 Å². The number of imidazole rings is 1. The Morgan fingerprint density at radius 1 is 1.36 bits per heavy atom. The highest BCUT2D eigenvalue weighted by atomic mass is 16.5. The van der Waals surface area contributed by atoms with Gasteiger partial charge in [0.1, 0.15) is 12.3 Å². The number of amides is 1. The van der Waals surface area contributed by atoms with Crippen LogP contribution in [0.4, 0.5) is 0 Å². The number of aryl methyl sites for hydroxylation is 2. The van der Waals surface area contributed by atoms with Crippen molar-refractivity contribution in [3.8, 4) is 0 Å². The van der Waals surface area contributed by atoms with Gasteiger partial charge in [0.05, 0.1) is 22.8 Å². The highest BCUT2D eigenvalue weighted by molar-refractivity contribution is 5.81. The minimum absolute atomic E-state index is 0.0281. The first-order chi connectivity index (χ1) is 12.1. The standard InChI is InChI=1S/C18H20N4O3/c1-11-17(12(2)25-20-11)15-8-5-9-21(15)16(23)10-22-14-7-4-3-6-13(14)19-18(22)24/h3-4,6-7,15H,5,8-10H2,1-2H3,(H,19,24)/t15-/m1/s1. The number of fused-ring (bicyclic) bond motifs is 1. The summed E-state index contributed by atoms with van der Waals surface area (Å²) in [5, 5.41) is 4.01. The minimum Gasteiger partial charge on any atom is -0.361 e. The summed E-state index contributed by atoms with van der Waals surface area (Å²) < 4.78 is 6.77. The summed E-state index contributed by atoms with van der Waals surface area (Å²) in [5.74, 6) is 0.695. The molecule has 3 heterocycles. The number of nitrogens with one attached hydrogen (secondary N) is 1. The molecule has 1 fully saturated rings. The van der Waals surface area contributed by atoms with Crippen LogP contribution in [0.15, 0.2) is 33.6 Å². The normalized spacial score (nSPS) is 17.5. The van der Waals surface area contributed by atoms with E-state index < -0.39 is 0 Å². The molecule has 7 nitrogen and oxygen atoms in total. The second-order valence-corrected chi connectivity index (χ2v) is 6.52. The Hall–Kier alpha value is -2.83. The van der Waals surface area contributed by atoms with Gasteiger partial charge in [0, 0.05) is 12.1 Å². The number of aromatic amines is 1. The molecule has 130 valence electrons.